The molecule has 0 saturated heterocycles. The molecule has 1 aliphatic heterocycles. The maximum absolute atomic E-state index is 7.05. The molecule has 50 heavy (non-hydrogen) atoms. The molecule has 4 heteroatoms. The summed E-state index contributed by atoms with van der Waals surface area (Å²) in [4.78, 5) is 9.51. The summed E-state index contributed by atoms with van der Waals surface area (Å²) in [6.07, 6.45) is 8.15. The van der Waals surface area contributed by atoms with Gasteiger partial charge in [0.2, 0.25) is 0 Å². The monoisotopic (exact) mass is 639 g/mol. The summed E-state index contributed by atoms with van der Waals surface area (Å²) >= 11 is 0. The first-order chi connectivity index (χ1) is 24.8. The number of benzene rings is 6. The minimum atomic E-state index is 0.827. The van der Waals surface area contributed by atoms with Crippen LogP contribution in [0.4, 0.5) is 0 Å². The summed E-state index contributed by atoms with van der Waals surface area (Å²) in [5.74, 6) is 2.55. The van der Waals surface area contributed by atoms with Gasteiger partial charge in [-0.15, -0.1) is 0 Å². The average Bonchev–Trinajstić information content (AvgIpc) is 3.50. The topological polar surface area (TPSA) is 39.9 Å². The Morgan fingerprint density at radius 1 is 0.460 bits per heavy atom. The fourth-order valence-electron chi connectivity index (χ4n) is 7.38. The van der Waals surface area contributed by atoms with Crippen molar-refractivity contribution >= 4 is 44.9 Å². The van der Waals surface area contributed by atoms with Crippen LogP contribution in [0.15, 0.2) is 164 Å². The summed E-state index contributed by atoms with van der Waals surface area (Å²) < 4.78 is 9.24. The van der Waals surface area contributed by atoms with Gasteiger partial charge in [-0.25, -0.2) is 4.98 Å². The average molecular weight is 640 g/mol. The normalized spacial score (nSPS) is 12.7. The minimum absolute atomic E-state index is 0.827. The van der Waals surface area contributed by atoms with Crippen LogP contribution < -0.4 is 4.74 Å². The molecule has 4 heterocycles. The van der Waals surface area contributed by atoms with Crippen molar-refractivity contribution in [1.29, 1.82) is 0 Å². The van der Waals surface area contributed by atoms with E-state index < -0.39 is 0 Å². The van der Waals surface area contributed by atoms with Crippen molar-refractivity contribution in [1.82, 2.24) is 14.5 Å². The maximum Gasteiger partial charge on any atom is 0.143 e. The van der Waals surface area contributed by atoms with Crippen LogP contribution in [0, 0.1) is 0 Å². The Bertz CT molecular complexity index is 2790. The van der Waals surface area contributed by atoms with Gasteiger partial charge < -0.3 is 4.74 Å². The van der Waals surface area contributed by atoms with Crippen LogP contribution in [0.25, 0.3) is 84.1 Å². The van der Waals surface area contributed by atoms with Crippen LogP contribution in [0.5, 0.6) is 11.5 Å². The number of hydrogen-bond donors (Lipinski definition) is 0. The largest absolute Gasteiger partial charge is 0.455 e. The number of fused-ring (bicyclic) bond motifs is 11. The molecule has 0 saturated carbocycles. The number of para-hydroxylation sites is 1. The van der Waals surface area contributed by atoms with Gasteiger partial charge >= 0.3 is 0 Å². The molecule has 0 atom stereocenters. The third-order valence-corrected chi connectivity index (χ3v) is 9.75. The molecule has 6 aromatic carbocycles. The van der Waals surface area contributed by atoms with E-state index in [0.717, 1.165) is 94.5 Å². The first kappa shape index (κ1) is 28.3. The maximum atomic E-state index is 7.05. The van der Waals surface area contributed by atoms with Gasteiger partial charge in [-0.05, 0) is 93.4 Å². The first-order valence-electron chi connectivity index (χ1n) is 16.8. The van der Waals surface area contributed by atoms with Gasteiger partial charge in [0, 0.05) is 34.3 Å². The van der Waals surface area contributed by atoms with E-state index >= 15 is 0 Å². The van der Waals surface area contributed by atoms with E-state index in [4.69, 9.17) is 9.72 Å². The fraction of sp³-hybridized carbons (Fsp3) is 0. The molecule has 0 fully saturated rings. The molecule has 0 amide bonds. The van der Waals surface area contributed by atoms with Gasteiger partial charge in [0.15, 0.2) is 0 Å². The van der Waals surface area contributed by atoms with Gasteiger partial charge in [0.05, 0.1) is 16.6 Å². The number of pyridine rings is 2. The van der Waals surface area contributed by atoms with Crippen LogP contribution in [-0.2, 0) is 0 Å². The second-order valence-corrected chi connectivity index (χ2v) is 12.6. The standard InChI is InChI=1S/C46H29N3O/c1-3-12-35-30(10-1)18-19-32-20-21-33(34-23-25-41-40(29-34)45-42(15-9-27-48-45)49(41)44-17-7-8-26-47-44)28-39(32)38-24-22-31-11-2-4-13-36(31)46(38)50-43-16-6-5-14-37(35)43/h1-29H/b19-18-. The van der Waals surface area contributed by atoms with Gasteiger partial charge in [0.25, 0.3) is 0 Å². The number of ether oxygens (including phenoxy) is 1. The van der Waals surface area contributed by atoms with Crippen molar-refractivity contribution in [2.75, 3.05) is 0 Å². The predicted octanol–water partition coefficient (Wildman–Crippen LogP) is 12.0. The fourth-order valence-corrected chi connectivity index (χ4v) is 7.38. The van der Waals surface area contributed by atoms with Crippen molar-refractivity contribution in [3.05, 3.63) is 175 Å². The smallest absolute Gasteiger partial charge is 0.143 e. The molecule has 0 aliphatic carbocycles. The Balaban J connectivity index is 1.22. The molecule has 0 radical (unpaired) electrons. The van der Waals surface area contributed by atoms with E-state index in [1.54, 1.807) is 0 Å². The van der Waals surface area contributed by atoms with Crippen LogP contribution in [-0.4, -0.2) is 14.5 Å². The molecule has 9 aromatic rings. The second-order valence-electron chi connectivity index (χ2n) is 12.6. The summed E-state index contributed by atoms with van der Waals surface area (Å²) in [6.45, 7) is 0. The minimum Gasteiger partial charge on any atom is -0.455 e. The lowest BCUT2D eigenvalue weighted by molar-refractivity contribution is 0.492. The molecular weight excluding hydrogens is 611 g/mol. The highest BCUT2D eigenvalue weighted by atomic mass is 16.5. The second kappa shape index (κ2) is 11.4. The highest BCUT2D eigenvalue weighted by Gasteiger charge is 2.20. The molecule has 0 spiro atoms. The Morgan fingerprint density at radius 3 is 2.14 bits per heavy atom. The van der Waals surface area contributed by atoms with Crippen LogP contribution in [0.2, 0.25) is 0 Å². The van der Waals surface area contributed by atoms with Gasteiger partial charge in [0.1, 0.15) is 17.3 Å². The highest BCUT2D eigenvalue weighted by Crippen LogP contribution is 2.46. The first-order valence-corrected chi connectivity index (χ1v) is 16.8. The molecule has 0 N–H and O–H groups in total. The molecule has 234 valence electrons. The zero-order valence-electron chi connectivity index (χ0n) is 27.0. The molecule has 3 aromatic heterocycles. The Labute approximate surface area is 289 Å². The highest BCUT2D eigenvalue weighted by molar-refractivity contribution is 6.08. The molecule has 10 rings (SSSR count). The predicted molar refractivity (Wildman–Crippen MR) is 206 cm³/mol. The lowest BCUT2D eigenvalue weighted by Gasteiger charge is -2.18. The lowest BCUT2D eigenvalue weighted by Crippen LogP contribution is -1.96. The Kier molecular flexibility index (Phi) is 6.46. The van der Waals surface area contributed by atoms with E-state index in [1.807, 2.05) is 42.7 Å². The molecule has 1 aliphatic rings. The molecule has 0 bridgehead atoms. The van der Waals surface area contributed by atoms with Crippen molar-refractivity contribution in [2.24, 2.45) is 0 Å². The number of nitrogens with zero attached hydrogens (tertiary/aromatic N) is 3. The molecule has 0 unspecified atom stereocenters. The van der Waals surface area contributed by atoms with Crippen molar-refractivity contribution < 1.29 is 4.74 Å². The van der Waals surface area contributed by atoms with E-state index in [0.29, 0.717) is 0 Å². The van der Waals surface area contributed by atoms with Crippen LogP contribution >= 0.6 is 0 Å². The Morgan fingerprint density at radius 2 is 1.22 bits per heavy atom. The van der Waals surface area contributed by atoms with E-state index in [2.05, 4.69) is 143 Å². The number of rotatable bonds is 2. The van der Waals surface area contributed by atoms with Gasteiger partial charge in [-0.3, -0.25) is 9.55 Å². The number of aromatic nitrogens is 3. The third-order valence-electron chi connectivity index (χ3n) is 9.75. The van der Waals surface area contributed by atoms with Crippen molar-refractivity contribution in [3.63, 3.8) is 0 Å². The third kappa shape index (κ3) is 4.54. The zero-order valence-corrected chi connectivity index (χ0v) is 27.0. The molecule has 4 nitrogen and oxygen atoms in total. The van der Waals surface area contributed by atoms with E-state index in [9.17, 15) is 0 Å². The SMILES string of the molecule is C1=C\c2ccc(-c3ccc4c(c3)c3ncccc3n4-c3ccccn3)cc2-c2ccc3ccccc3c2Oc2ccccc2-c2ccccc2/1. The van der Waals surface area contributed by atoms with E-state index in [-0.39, 0.29) is 0 Å². The molecular formula is C46H29N3O. The number of hydrogen-bond acceptors (Lipinski definition) is 3. The zero-order chi connectivity index (χ0) is 33.0. The van der Waals surface area contributed by atoms with Crippen molar-refractivity contribution in [2.45, 2.75) is 0 Å². The summed E-state index contributed by atoms with van der Waals surface area (Å²) in [5.41, 5.74) is 11.9. The van der Waals surface area contributed by atoms with Crippen LogP contribution in [0.1, 0.15) is 11.1 Å². The van der Waals surface area contributed by atoms with Crippen molar-refractivity contribution in [3.8, 4) is 50.7 Å². The summed E-state index contributed by atoms with van der Waals surface area (Å²) in [6, 6.07) is 53.2. The quantitative estimate of drug-likeness (QED) is 0.189. The summed E-state index contributed by atoms with van der Waals surface area (Å²) in [7, 11) is 0. The lowest BCUT2D eigenvalue weighted by atomic mass is 9.91. The van der Waals surface area contributed by atoms with Gasteiger partial charge in [-0.2, -0.15) is 0 Å². The Hall–Kier alpha value is -6.78. The van der Waals surface area contributed by atoms with E-state index in [1.165, 1.54) is 0 Å². The summed E-state index contributed by atoms with van der Waals surface area (Å²) in [5, 5.41) is 3.29. The van der Waals surface area contributed by atoms with Crippen LogP contribution in [0.3, 0.4) is 0 Å². The van der Waals surface area contributed by atoms with Gasteiger partial charge in [-0.1, -0.05) is 109 Å².